The zero-order valence-electron chi connectivity index (χ0n) is 13.4. The third-order valence-corrected chi connectivity index (χ3v) is 4.61. The predicted octanol–water partition coefficient (Wildman–Crippen LogP) is 3.31. The number of piperazine rings is 1. The summed E-state index contributed by atoms with van der Waals surface area (Å²) in [6.45, 7) is 0.287. The van der Waals surface area contributed by atoms with Gasteiger partial charge >= 0.3 is 6.18 Å². The highest BCUT2D eigenvalue weighted by Crippen LogP contribution is 2.25. The standard InChI is InChI=1S/C16H14BrF4N3O2/c17-9-5-11(18)10-7-13(22-12(10)6-9)15(26)24-3-1-23(2-4-24)14(25)8-16(19,20)21/h5-7,22H,1-4,8H2. The molecule has 3 rings (SSSR count). The summed E-state index contributed by atoms with van der Waals surface area (Å²) in [5.74, 6) is -1.87. The van der Waals surface area contributed by atoms with Crippen LogP contribution < -0.4 is 0 Å². The van der Waals surface area contributed by atoms with Gasteiger partial charge in [0.05, 0.1) is 5.52 Å². The van der Waals surface area contributed by atoms with Crippen LogP contribution in [-0.4, -0.2) is 59.0 Å². The molecule has 2 heterocycles. The molecule has 0 aliphatic carbocycles. The molecule has 1 aliphatic rings. The van der Waals surface area contributed by atoms with Crippen LogP contribution in [0, 0.1) is 5.82 Å². The summed E-state index contributed by atoms with van der Waals surface area (Å²) in [5, 5.41) is 0.274. The van der Waals surface area contributed by atoms with Gasteiger partial charge in [0.1, 0.15) is 17.9 Å². The number of amides is 2. The van der Waals surface area contributed by atoms with Crippen molar-refractivity contribution in [2.24, 2.45) is 0 Å². The Balaban J connectivity index is 1.67. The van der Waals surface area contributed by atoms with Gasteiger partial charge in [0.2, 0.25) is 5.91 Å². The van der Waals surface area contributed by atoms with E-state index in [0.29, 0.717) is 9.99 Å². The predicted molar refractivity (Wildman–Crippen MR) is 89.1 cm³/mol. The van der Waals surface area contributed by atoms with Crippen LogP contribution in [-0.2, 0) is 4.79 Å². The van der Waals surface area contributed by atoms with Crippen LogP contribution >= 0.6 is 15.9 Å². The molecular formula is C16H14BrF4N3O2. The number of aromatic nitrogens is 1. The lowest BCUT2D eigenvalue weighted by molar-refractivity contribution is -0.162. The Bertz CT molecular complexity index is 857. The fourth-order valence-electron chi connectivity index (χ4n) is 2.89. The molecule has 140 valence electrons. The minimum absolute atomic E-state index is 0.0286. The largest absolute Gasteiger partial charge is 0.397 e. The molecule has 2 amide bonds. The number of rotatable bonds is 2. The number of carbonyl (C=O) groups excluding carboxylic acids is 2. The van der Waals surface area contributed by atoms with Crippen molar-refractivity contribution in [3.63, 3.8) is 0 Å². The van der Waals surface area contributed by atoms with Gasteiger partial charge in [0, 0.05) is 36.0 Å². The van der Waals surface area contributed by atoms with E-state index < -0.39 is 24.3 Å². The van der Waals surface area contributed by atoms with Crippen molar-refractivity contribution in [3.05, 3.63) is 34.2 Å². The third kappa shape index (κ3) is 4.00. The third-order valence-electron chi connectivity index (χ3n) is 4.15. The van der Waals surface area contributed by atoms with E-state index in [2.05, 4.69) is 20.9 Å². The summed E-state index contributed by atoms with van der Waals surface area (Å²) >= 11 is 3.17. The lowest BCUT2D eigenvalue weighted by atomic mass is 10.2. The van der Waals surface area contributed by atoms with Crippen molar-refractivity contribution < 1.29 is 27.2 Å². The van der Waals surface area contributed by atoms with Crippen LogP contribution in [0.2, 0.25) is 0 Å². The van der Waals surface area contributed by atoms with Crippen LogP contribution in [0.25, 0.3) is 10.9 Å². The Morgan fingerprint density at radius 2 is 1.69 bits per heavy atom. The summed E-state index contributed by atoms with van der Waals surface area (Å²) in [5.41, 5.74) is 0.645. The lowest BCUT2D eigenvalue weighted by Gasteiger charge is -2.34. The highest BCUT2D eigenvalue weighted by molar-refractivity contribution is 9.10. The number of carbonyl (C=O) groups is 2. The Hall–Kier alpha value is -2.10. The topological polar surface area (TPSA) is 56.4 Å². The highest BCUT2D eigenvalue weighted by atomic mass is 79.9. The second-order valence-corrected chi connectivity index (χ2v) is 6.91. The van der Waals surface area contributed by atoms with Gasteiger partial charge in [-0.1, -0.05) is 15.9 Å². The number of H-pyrrole nitrogens is 1. The maximum absolute atomic E-state index is 13.9. The van der Waals surface area contributed by atoms with Crippen LogP contribution in [0.5, 0.6) is 0 Å². The summed E-state index contributed by atoms with van der Waals surface area (Å²) in [7, 11) is 0. The van der Waals surface area contributed by atoms with E-state index in [0.717, 1.165) is 4.90 Å². The summed E-state index contributed by atoms with van der Waals surface area (Å²) in [6.07, 6.45) is -6.05. The molecule has 1 aliphatic heterocycles. The maximum Gasteiger partial charge on any atom is 0.397 e. The number of benzene rings is 1. The molecule has 5 nitrogen and oxygen atoms in total. The van der Waals surface area contributed by atoms with Crippen molar-refractivity contribution >= 4 is 38.6 Å². The van der Waals surface area contributed by atoms with Crippen LogP contribution in [0.4, 0.5) is 17.6 Å². The van der Waals surface area contributed by atoms with Crippen LogP contribution in [0.3, 0.4) is 0 Å². The minimum atomic E-state index is -4.55. The van der Waals surface area contributed by atoms with Crippen molar-refractivity contribution in [2.75, 3.05) is 26.2 Å². The smallest absolute Gasteiger partial charge is 0.350 e. The summed E-state index contributed by atoms with van der Waals surface area (Å²) in [4.78, 5) is 29.5. The molecule has 10 heteroatoms. The second kappa shape index (κ2) is 6.90. The molecule has 0 saturated carbocycles. The van der Waals surface area contributed by atoms with E-state index in [1.54, 1.807) is 6.07 Å². The van der Waals surface area contributed by atoms with E-state index >= 15 is 0 Å². The van der Waals surface area contributed by atoms with E-state index in [-0.39, 0.29) is 43.2 Å². The van der Waals surface area contributed by atoms with Crippen molar-refractivity contribution in [1.82, 2.24) is 14.8 Å². The zero-order chi connectivity index (χ0) is 19.1. The molecule has 1 N–H and O–H groups in total. The minimum Gasteiger partial charge on any atom is -0.350 e. The summed E-state index contributed by atoms with van der Waals surface area (Å²) < 4.78 is 51.4. The molecule has 0 bridgehead atoms. The first kappa shape index (κ1) is 18.7. The van der Waals surface area contributed by atoms with Gasteiger partial charge in [0.25, 0.3) is 5.91 Å². The van der Waals surface area contributed by atoms with Crippen molar-refractivity contribution in [3.8, 4) is 0 Å². The van der Waals surface area contributed by atoms with Crippen LogP contribution in [0.1, 0.15) is 16.9 Å². The van der Waals surface area contributed by atoms with Gasteiger partial charge in [-0.2, -0.15) is 13.2 Å². The number of nitrogens with one attached hydrogen (secondary N) is 1. The molecule has 1 saturated heterocycles. The van der Waals surface area contributed by atoms with Crippen molar-refractivity contribution in [1.29, 1.82) is 0 Å². The summed E-state index contributed by atoms with van der Waals surface area (Å²) in [6, 6.07) is 4.33. The van der Waals surface area contributed by atoms with E-state index in [9.17, 15) is 27.2 Å². The SMILES string of the molecule is O=C(CC(F)(F)F)N1CCN(C(=O)c2cc3c(F)cc(Br)cc3[nH]2)CC1. The Morgan fingerprint density at radius 1 is 1.08 bits per heavy atom. The molecule has 0 unspecified atom stereocenters. The molecule has 1 aromatic carbocycles. The second-order valence-electron chi connectivity index (χ2n) is 6.00. The number of hydrogen-bond acceptors (Lipinski definition) is 2. The molecule has 0 atom stereocenters. The molecular weight excluding hydrogens is 422 g/mol. The van der Waals surface area contributed by atoms with Gasteiger partial charge in [-0.25, -0.2) is 4.39 Å². The molecule has 1 aromatic heterocycles. The van der Waals surface area contributed by atoms with E-state index in [1.807, 2.05) is 0 Å². The highest BCUT2D eigenvalue weighted by Gasteiger charge is 2.35. The fraction of sp³-hybridized carbons (Fsp3) is 0.375. The Kier molecular flexibility index (Phi) is 4.96. The van der Waals surface area contributed by atoms with Gasteiger partial charge in [-0.3, -0.25) is 9.59 Å². The van der Waals surface area contributed by atoms with Gasteiger partial charge in [0.15, 0.2) is 0 Å². The number of fused-ring (bicyclic) bond motifs is 1. The number of alkyl halides is 3. The fourth-order valence-corrected chi connectivity index (χ4v) is 3.32. The average molecular weight is 436 g/mol. The molecule has 0 spiro atoms. The maximum atomic E-state index is 13.9. The van der Waals surface area contributed by atoms with Gasteiger partial charge in [-0.15, -0.1) is 0 Å². The number of halogens is 5. The van der Waals surface area contributed by atoms with E-state index in [1.165, 1.54) is 17.0 Å². The number of nitrogens with zero attached hydrogens (tertiary/aromatic N) is 2. The van der Waals surface area contributed by atoms with Gasteiger partial charge in [-0.05, 0) is 18.2 Å². The van der Waals surface area contributed by atoms with Crippen molar-refractivity contribution in [2.45, 2.75) is 12.6 Å². The first-order valence-electron chi connectivity index (χ1n) is 7.75. The molecule has 1 fully saturated rings. The monoisotopic (exact) mass is 435 g/mol. The lowest BCUT2D eigenvalue weighted by Crippen LogP contribution is -2.51. The average Bonchev–Trinajstić information content (AvgIpc) is 2.97. The molecule has 0 radical (unpaired) electrons. The van der Waals surface area contributed by atoms with E-state index in [4.69, 9.17) is 0 Å². The first-order chi connectivity index (χ1) is 12.1. The number of aromatic amines is 1. The Labute approximate surface area is 154 Å². The first-order valence-corrected chi connectivity index (χ1v) is 8.55. The van der Waals surface area contributed by atoms with Gasteiger partial charge < -0.3 is 14.8 Å². The normalized spacial score (nSPS) is 15.6. The van der Waals surface area contributed by atoms with Crippen LogP contribution in [0.15, 0.2) is 22.7 Å². The molecule has 26 heavy (non-hydrogen) atoms. The Morgan fingerprint density at radius 3 is 2.31 bits per heavy atom. The zero-order valence-corrected chi connectivity index (χ0v) is 15.0. The molecule has 2 aromatic rings. The number of hydrogen-bond donors (Lipinski definition) is 1. The quantitative estimate of drug-likeness (QED) is 0.735.